The van der Waals surface area contributed by atoms with E-state index in [1.54, 1.807) is 0 Å². The van der Waals surface area contributed by atoms with Crippen LogP contribution < -0.4 is 4.57 Å². The molecule has 19 heavy (non-hydrogen) atoms. The van der Waals surface area contributed by atoms with Gasteiger partial charge in [0, 0.05) is 6.42 Å². The van der Waals surface area contributed by atoms with E-state index in [-0.39, 0.29) is 6.42 Å². The molecular formula is C15H27N2O2+. The molecule has 0 unspecified atom stereocenters. The highest BCUT2D eigenvalue weighted by Gasteiger charge is 2.04. The molecule has 0 radical (unpaired) electrons. The summed E-state index contributed by atoms with van der Waals surface area (Å²) in [6.45, 7) is 4.09. The molecular weight excluding hydrogens is 240 g/mol. The van der Waals surface area contributed by atoms with E-state index in [0.29, 0.717) is 6.42 Å². The second-order valence-electron chi connectivity index (χ2n) is 5.15. The van der Waals surface area contributed by atoms with Gasteiger partial charge in [-0.3, -0.25) is 4.79 Å². The number of carbonyl (C=O) groups is 1. The number of unbranched alkanes of at least 4 members (excludes halogenated alkanes) is 5. The van der Waals surface area contributed by atoms with Crippen molar-refractivity contribution < 1.29 is 14.5 Å². The largest absolute Gasteiger partial charge is 0.481 e. The van der Waals surface area contributed by atoms with Crippen LogP contribution in [0.25, 0.3) is 0 Å². The van der Waals surface area contributed by atoms with Gasteiger partial charge in [0.2, 0.25) is 6.33 Å². The van der Waals surface area contributed by atoms with E-state index in [0.717, 1.165) is 13.1 Å². The molecule has 0 spiro atoms. The molecule has 0 aromatic carbocycles. The summed E-state index contributed by atoms with van der Waals surface area (Å²) in [6, 6.07) is 0. The quantitative estimate of drug-likeness (QED) is 0.495. The molecule has 1 N–H and O–H groups in total. The number of nitrogens with zero attached hydrogens (tertiary/aromatic N) is 2. The normalized spacial score (nSPS) is 10.8. The van der Waals surface area contributed by atoms with Crippen LogP contribution in [0.4, 0.5) is 0 Å². The average molecular weight is 267 g/mol. The first-order chi connectivity index (χ1) is 9.22. The second kappa shape index (κ2) is 9.59. The zero-order chi connectivity index (χ0) is 13.9. The Labute approximate surface area is 116 Å². The highest BCUT2D eigenvalue weighted by Crippen LogP contribution is 2.05. The lowest BCUT2D eigenvalue weighted by molar-refractivity contribution is -0.696. The van der Waals surface area contributed by atoms with Crippen LogP contribution in [0, 0.1) is 0 Å². The van der Waals surface area contributed by atoms with E-state index < -0.39 is 5.97 Å². The van der Waals surface area contributed by atoms with Crippen molar-refractivity contribution in [2.75, 3.05) is 0 Å². The molecule has 0 aliphatic rings. The van der Waals surface area contributed by atoms with E-state index in [2.05, 4.69) is 28.6 Å². The predicted octanol–water partition coefficient (Wildman–Crippen LogP) is 3.00. The summed E-state index contributed by atoms with van der Waals surface area (Å²) in [5, 5.41) is 8.59. The van der Waals surface area contributed by atoms with Crippen LogP contribution in [0.5, 0.6) is 0 Å². The van der Waals surface area contributed by atoms with Gasteiger partial charge < -0.3 is 5.11 Å². The highest BCUT2D eigenvalue weighted by atomic mass is 16.4. The van der Waals surface area contributed by atoms with Gasteiger partial charge in [0.25, 0.3) is 0 Å². The number of carboxylic acids is 1. The van der Waals surface area contributed by atoms with Gasteiger partial charge in [-0.1, -0.05) is 32.6 Å². The third-order valence-corrected chi connectivity index (χ3v) is 3.32. The van der Waals surface area contributed by atoms with E-state index in [4.69, 9.17) is 5.11 Å². The second-order valence-corrected chi connectivity index (χ2v) is 5.15. The Balaban J connectivity index is 2.11. The van der Waals surface area contributed by atoms with Crippen molar-refractivity contribution in [3.63, 3.8) is 0 Å². The fourth-order valence-electron chi connectivity index (χ4n) is 2.19. The molecule has 1 rings (SSSR count). The lowest BCUT2D eigenvalue weighted by Crippen LogP contribution is -2.31. The molecule has 0 saturated carbocycles. The number of carboxylic acid groups (broad SMARTS) is 1. The molecule has 0 atom stereocenters. The van der Waals surface area contributed by atoms with Crippen molar-refractivity contribution in [1.82, 2.24) is 4.57 Å². The van der Waals surface area contributed by atoms with E-state index in [9.17, 15) is 4.79 Å². The minimum absolute atomic E-state index is 0.246. The van der Waals surface area contributed by atoms with Crippen LogP contribution in [-0.4, -0.2) is 15.6 Å². The first kappa shape index (κ1) is 15.7. The molecule has 0 aliphatic carbocycles. The fraction of sp³-hybridized carbons (Fsp3) is 0.733. The van der Waals surface area contributed by atoms with Crippen LogP contribution >= 0.6 is 0 Å². The van der Waals surface area contributed by atoms with Crippen LogP contribution in [0.1, 0.15) is 58.3 Å². The lowest BCUT2D eigenvalue weighted by atomic mass is 10.1. The Morgan fingerprint density at radius 2 is 1.89 bits per heavy atom. The number of rotatable bonds is 11. The van der Waals surface area contributed by atoms with Crippen molar-refractivity contribution >= 4 is 5.97 Å². The van der Waals surface area contributed by atoms with Crippen LogP contribution in [-0.2, 0) is 17.9 Å². The van der Waals surface area contributed by atoms with Crippen molar-refractivity contribution in [2.45, 2.75) is 71.4 Å². The summed E-state index contributed by atoms with van der Waals surface area (Å²) < 4.78 is 4.26. The third kappa shape index (κ3) is 7.65. The van der Waals surface area contributed by atoms with Crippen molar-refractivity contribution in [3.8, 4) is 0 Å². The Kier molecular flexibility index (Phi) is 7.94. The number of aromatic nitrogens is 2. The van der Waals surface area contributed by atoms with Gasteiger partial charge in [-0.05, 0) is 19.3 Å². The maximum absolute atomic E-state index is 10.4. The first-order valence-electron chi connectivity index (χ1n) is 7.49. The SMILES string of the molecule is CCCCCCCCn1cc[n+](CCCC(=O)O)c1. The number of hydrogen-bond donors (Lipinski definition) is 1. The molecule has 0 bridgehead atoms. The number of aryl methyl sites for hydroxylation is 2. The van der Waals surface area contributed by atoms with Crippen molar-refractivity contribution in [2.24, 2.45) is 0 Å². The summed E-state index contributed by atoms with van der Waals surface area (Å²) >= 11 is 0. The van der Waals surface area contributed by atoms with Crippen molar-refractivity contribution in [3.05, 3.63) is 18.7 Å². The molecule has 0 amide bonds. The Hall–Kier alpha value is -1.32. The predicted molar refractivity (Wildman–Crippen MR) is 74.9 cm³/mol. The lowest BCUT2D eigenvalue weighted by Gasteiger charge is -1.98. The van der Waals surface area contributed by atoms with Gasteiger partial charge in [0.05, 0.1) is 13.1 Å². The maximum Gasteiger partial charge on any atom is 0.303 e. The molecule has 4 heteroatoms. The van der Waals surface area contributed by atoms with Crippen LogP contribution in [0.15, 0.2) is 18.7 Å². The van der Waals surface area contributed by atoms with Gasteiger partial charge in [-0.2, -0.15) is 0 Å². The topological polar surface area (TPSA) is 46.1 Å². The smallest absolute Gasteiger partial charge is 0.303 e. The fourth-order valence-corrected chi connectivity index (χ4v) is 2.19. The molecule has 1 heterocycles. The Morgan fingerprint density at radius 1 is 1.16 bits per heavy atom. The molecule has 0 aliphatic heterocycles. The number of imidazole rings is 1. The van der Waals surface area contributed by atoms with Crippen molar-refractivity contribution in [1.29, 1.82) is 0 Å². The van der Waals surface area contributed by atoms with E-state index in [1.807, 2.05) is 6.20 Å². The summed E-state index contributed by atoms with van der Waals surface area (Å²) in [5.41, 5.74) is 0. The molecule has 0 fully saturated rings. The summed E-state index contributed by atoms with van der Waals surface area (Å²) in [7, 11) is 0. The zero-order valence-electron chi connectivity index (χ0n) is 12.1. The average Bonchev–Trinajstić information content (AvgIpc) is 2.81. The van der Waals surface area contributed by atoms with Crippen LogP contribution in [0.3, 0.4) is 0 Å². The summed E-state index contributed by atoms with van der Waals surface area (Å²) in [5.74, 6) is -0.716. The van der Waals surface area contributed by atoms with Gasteiger partial charge in [0.15, 0.2) is 0 Å². The molecule has 1 aromatic heterocycles. The maximum atomic E-state index is 10.4. The minimum atomic E-state index is -0.716. The van der Waals surface area contributed by atoms with E-state index >= 15 is 0 Å². The number of hydrogen-bond acceptors (Lipinski definition) is 1. The van der Waals surface area contributed by atoms with Gasteiger partial charge in [-0.25, -0.2) is 9.13 Å². The van der Waals surface area contributed by atoms with Gasteiger partial charge >= 0.3 is 5.97 Å². The third-order valence-electron chi connectivity index (χ3n) is 3.32. The molecule has 4 nitrogen and oxygen atoms in total. The van der Waals surface area contributed by atoms with Crippen LogP contribution in [0.2, 0.25) is 0 Å². The molecule has 0 saturated heterocycles. The monoisotopic (exact) mass is 267 g/mol. The molecule has 1 aromatic rings. The Bertz CT molecular complexity index is 361. The summed E-state index contributed by atoms with van der Waals surface area (Å²) in [6.07, 6.45) is 15.0. The molecule has 108 valence electrons. The van der Waals surface area contributed by atoms with Gasteiger partial charge in [0.1, 0.15) is 12.4 Å². The first-order valence-corrected chi connectivity index (χ1v) is 7.49. The zero-order valence-corrected chi connectivity index (χ0v) is 12.1. The Morgan fingerprint density at radius 3 is 2.63 bits per heavy atom. The highest BCUT2D eigenvalue weighted by molar-refractivity contribution is 5.66. The van der Waals surface area contributed by atoms with E-state index in [1.165, 1.54) is 38.5 Å². The minimum Gasteiger partial charge on any atom is -0.481 e. The summed E-state index contributed by atoms with van der Waals surface area (Å²) in [4.78, 5) is 10.4. The standard InChI is InChI=1S/C15H26N2O2/c1-2-3-4-5-6-7-10-16-12-13-17(14-16)11-8-9-15(18)19/h12-14H,2-11H2,1H3/p+1. The number of aliphatic carboxylic acids is 1. The van der Waals surface area contributed by atoms with Gasteiger partial charge in [-0.15, -0.1) is 0 Å².